The zero-order chi connectivity index (χ0) is 11.2. The number of fused-ring (bicyclic) bond motifs is 6. The molecule has 4 rings (SSSR count). The predicted octanol–water partition coefficient (Wildman–Crippen LogP) is 2.17. The highest BCUT2D eigenvalue weighted by Crippen LogP contribution is 2.42. The highest BCUT2D eigenvalue weighted by Gasteiger charge is 2.43. The van der Waals surface area contributed by atoms with Crippen LogP contribution >= 0.6 is 0 Å². The van der Waals surface area contributed by atoms with Gasteiger partial charge < -0.3 is 5.32 Å². The Kier molecular flexibility index (Phi) is 2.55. The lowest BCUT2D eigenvalue weighted by molar-refractivity contribution is 0.0271. The molecule has 0 saturated carbocycles. The summed E-state index contributed by atoms with van der Waals surface area (Å²) in [7, 11) is 0. The summed E-state index contributed by atoms with van der Waals surface area (Å²) < 4.78 is 0. The van der Waals surface area contributed by atoms with E-state index in [9.17, 15) is 0 Å². The van der Waals surface area contributed by atoms with Crippen LogP contribution in [0.5, 0.6) is 0 Å². The van der Waals surface area contributed by atoms with Crippen LogP contribution in [0.2, 0.25) is 0 Å². The summed E-state index contributed by atoms with van der Waals surface area (Å²) in [5.41, 5.74) is 1.77. The van der Waals surface area contributed by atoms with E-state index < -0.39 is 0 Å². The van der Waals surface area contributed by atoms with E-state index in [0.29, 0.717) is 0 Å². The van der Waals surface area contributed by atoms with Crippen molar-refractivity contribution in [1.29, 1.82) is 0 Å². The fraction of sp³-hybridized carbons (Fsp3) is 0.867. The fourth-order valence-electron chi connectivity index (χ4n) is 4.80. The first-order valence-corrected chi connectivity index (χ1v) is 7.60. The highest BCUT2D eigenvalue weighted by atomic mass is 15.2. The van der Waals surface area contributed by atoms with E-state index in [4.69, 9.17) is 0 Å². The van der Waals surface area contributed by atoms with Crippen LogP contribution in [0.3, 0.4) is 0 Å². The minimum atomic E-state index is 0.739. The summed E-state index contributed by atoms with van der Waals surface area (Å²) in [6, 6.07) is 1.64. The number of piperidine rings is 3. The normalized spacial score (nSPS) is 45.8. The zero-order valence-corrected chi connectivity index (χ0v) is 10.7. The van der Waals surface area contributed by atoms with Crippen LogP contribution in [-0.2, 0) is 0 Å². The van der Waals surface area contributed by atoms with E-state index in [1.54, 1.807) is 5.57 Å². The molecular formula is C15H24N2. The first-order valence-electron chi connectivity index (χ1n) is 7.60. The number of hydrogen-bond acceptors (Lipinski definition) is 2. The molecular weight excluding hydrogens is 208 g/mol. The second kappa shape index (κ2) is 4.10. The second-order valence-electron chi connectivity index (χ2n) is 6.49. The smallest absolute Gasteiger partial charge is 0.0320 e. The van der Waals surface area contributed by atoms with Gasteiger partial charge in [0, 0.05) is 18.6 Å². The zero-order valence-electron chi connectivity index (χ0n) is 10.7. The Morgan fingerprint density at radius 2 is 2.24 bits per heavy atom. The second-order valence-corrected chi connectivity index (χ2v) is 6.49. The first kappa shape index (κ1) is 10.6. The van der Waals surface area contributed by atoms with E-state index in [0.717, 1.165) is 23.9 Å². The van der Waals surface area contributed by atoms with Crippen LogP contribution in [0, 0.1) is 11.8 Å². The molecule has 0 aromatic carbocycles. The van der Waals surface area contributed by atoms with Gasteiger partial charge in [0.05, 0.1) is 0 Å². The monoisotopic (exact) mass is 232 g/mol. The molecule has 0 aromatic heterocycles. The van der Waals surface area contributed by atoms with E-state index in [1.165, 1.54) is 58.2 Å². The molecule has 4 aliphatic rings. The van der Waals surface area contributed by atoms with Crippen molar-refractivity contribution in [2.45, 2.75) is 50.6 Å². The Morgan fingerprint density at radius 1 is 1.24 bits per heavy atom. The Bertz CT molecular complexity index is 336. The molecule has 0 radical (unpaired) electrons. The molecule has 17 heavy (non-hydrogen) atoms. The minimum Gasteiger partial charge on any atom is -0.310 e. The molecule has 2 heteroatoms. The van der Waals surface area contributed by atoms with Gasteiger partial charge in [0.25, 0.3) is 0 Å². The molecule has 3 fully saturated rings. The molecule has 2 bridgehead atoms. The molecule has 1 N–H and O–H groups in total. The summed E-state index contributed by atoms with van der Waals surface area (Å²) in [4.78, 5) is 2.81. The molecule has 0 spiro atoms. The van der Waals surface area contributed by atoms with Crippen molar-refractivity contribution in [3.63, 3.8) is 0 Å². The number of hydrogen-bond donors (Lipinski definition) is 1. The lowest BCUT2D eigenvalue weighted by atomic mass is 9.68. The van der Waals surface area contributed by atoms with Crippen LogP contribution in [-0.4, -0.2) is 36.6 Å². The predicted molar refractivity (Wildman–Crippen MR) is 69.9 cm³/mol. The summed E-state index contributed by atoms with van der Waals surface area (Å²) >= 11 is 0. The molecule has 0 amide bonds. The molecule has 3 aliphatic heterocycles. The number of rotatable bonds is 0. The molecule has 4 atom stereocenters. The maximum atomic E-state index is 3.78. The molecule has 0 aromatic rings. The van der Waals surface area contributed by atoms with Crippen molar-refractivity contribution < 1.29 is 0 Å². The summed E-state index contributed by atoms with van der Waals surface area (Å²) in [5, 5.41) is 3.78. The third kappa shape index (κ3) is 1.68. The average Bonchev–Trinajstić information content (AvgIpc) is 2.39. The van der Waals surface area contributed by atoms with Crippen molar-refractivity contribution in [3.8, 4) is 0 Å². The molecule has 3 saturated heterocycles. The van der Waals surface area contributed by atoms with Gasteiger partial charge in [0.1, 0.15) is 0 Å². The van der Waals surface area contributed by atoms with E-state index >= 15 is 0 Å². The van der Waals surface area contributed by atoms with Crippen LogP contribution in [0.15, 0.2) is 11.6 Å². The number of nitrogens with one attached hydrogen (secondary N) is 1. The van der Waals surface area contributed by atoms with Gasteiger partial charge >= 0.3 is 0 Å². The largest absolute Gasteiger partial charge is 0.310 e. The van der Waals surface area contributed by atoms with Crippen LogP contribution < -0.4 is 5.32 Å². The van der Waals surface area contributed by atoms with Gasteiger partial charge in [-0.2, -0.15) is 0 Å². The fourth-order valence-corrected chi connectivity index (χ4v) is 4.80. The summed E-state index contributed by atoms with van der Waals surface area (Å²) in [5.74, 6) is 1.80. The summed E-state index contributed by atoms with van der Waals surface area (Å²) in [6.45, 7) is 3.98. The quantitative estimate of drug-likeness (QED) is 0.644. The molecule has 94 valence electrons. The van der Waals surface area contributed by atoms with Crippen molar-refractivity contribution in [2.24, 2.45) is 11.8 Å². The Morgan fingerprint density at radius 3 is 3.24 bits per heavy atom. The first-order chi connectivity index (χ1) is 8.42. The highest BCUT2D eigenvalue weighted by molar-refractivity contribution is 5.23. The molecule has 2 nitrogen and oxygen atoms in total. The maximum absolute atomic E-state index is 3.78. The average molecular weight is 232 g/mol. The van der Waals surface area contributed by atoms with E-state index in [-0.39, 0.29) is 0 Å². The van der Waals surface area contributed by atoms with Crippen molar-refractivity contribution in [1.82, 2.24) is 10.2 Å². The van der Waals surface area contributed by atoms with Crippen molar-refractivity contribution in [2.75, 3.05) is 19.6 Å². The van der Waals surface area contributed by atoms with Gasteiger partial charge in [0.15, 0.2) is 0 Å². The van der Waals surface area contributed by atoms with Gasteiger partial charge in [-0.3, -0.25) is 4.90 Å². The molecule has 3 heterocycles. The van der Waals surface area contributed by atoms with Crippen molar-refractivity contribution >= 4 is 0 Å². The standard InChI is InChI=1S/C15H24N2/c1-2-7-17-10-13-9-12(14(17)5-1)8-11-4-3-6-16-15(11)13/h8,12-16H,1-7,9-10H2/t12-,13+,14-,15-/m1/s1. The van der Waals surface area contributed by atoms with Gasteiger partial charge in [-0.05, 0) is 57.0 Å². The Labute approximate surface area is 104 Å². The maximum Gasteiger partial charge on any atom is 0.0320 e. The third-order valence-corrected chi connectivity index (χ3v) is 5.51. The van der Waals surface area contributed by atoms with Crippen LogP contribution in [0.1, 0.15) is 38.5 Å². The minimum absolute atomic E-state index is 0.739. The van der Waals surface area contributed by atoms with Gasteiger partial charge in [-0.1, -0.05) is 18.1 Å². The topological polar surface area (TPSA) is 15.3 Å². The number of nitrogens with zero attached hydrogens (tertiary/aromatic N) is 1. The van der Waals surface area contributed by atoms with Crippen LogP contribution in [0.25, 0.3) is 0 Å². The molecule has 0 unspecified atom stereocenters. The lowest BCUT2D eigenvalue weighted by Crippen LogP contribution is -2.58. The Hall–Kier alpha value is -0.340. The van der Waals surface area contributed by atoms with Crippen LogP contribution in [0.4, 0.5) is 0 Å². The molecule has 1 aliphatic carbocycles. The lowest BCUT2D eigenvalue weighted by Gasteiger charge is -2.52. The van der Waals surface area contributed by atoms with Gasteiger partial charge in [-0.25, -0.2) is 0 Å². The van der Waals surface area contributed by atoms with E-state index in [1.807, 2.05) is 0 Å². The SMILES string of the molecule is C1=C2CCCN[C@H]2[C@H]2C[C@@H]1[C@H]1CCCCN1C2. The van der Waals surface area contributed by atoms with Gasteiger partial charge in [0.2, 0.25) is 0 Å². The Balaban J connectivity index is 1.64. The van der Waals surface area contributed by atoms with E-state index in [2.05, 4.69) is 16.3 Å². The summed E-state index contributed by atoms with van der Waals surface area (Å²) in [6.07, 6.45) is 11.2. The third-order valence-electron chi connectivity index (χ3n) is 5.51. The van der Waals surface area contributed by atoms with Crippen molar-refractivity contribution in [3.05, 3.63) is 11.6 Å². The van der Waals surface area contributed by atoms with Gasteiger partial charge in [-0.15, -0.1) is 0 Å².